The van der Waals surface area contributed by atoms with Gasteiger partial charge in [-0.3, -0.25) is 14.8 Å². The molecule has 4 rings (SSSR count). The minimum Gasteiger partial charge on any atom is -0.490 e. The summed E-state index contributed by atoms with van der Waals surface area (Å²) >= 11 is 0. The molecule has 0 aliphatic carbocycles. The molecule has 2 bridgehead atoms. The third kappa shape index (κ3) is 3.73. The minimum absolute atomic E-state index is 0.120. The van der Waals surface area contributed by atoms with E-state index in [9.17, 15) is 9.18 Å². The second-order valence-corrected chi connectivity index (χ2v) is 7.20. The van der Waals surface area contributed by atoms with Crippen molar-refractivity contribution in [1.82, 2.24) is 24.5 Å². The van der Waals surface area contributed by atoms with Crippen molar-refractivity contribution in [2.75, 3.05) is 44.9 Å². The number of hydrogen-bond donors (Lipinski definition) is 1. The molecule has 1 saturated heterocycles. The first-order valence-electron chi connectivity index (χ1n) is 9.52. The van der Waals surface area contributed by atoms with Crippen LogP contribution in [0.5, 0.6) is 5.75 Å². The average Bonchev–Trinajstić information content (AvgIpc) is 2.72. The summed E-state index contributed by atoms with van der Waals surface area (Å²) in [6, 6.07) is 4.37. The van der Waals surface area contributed by atoms with Crippen LogP contribution < -0.4 is 15.2 Å². The van der Waals surface area contributed by atoms with E-state index in [0.717, 1.165) is 0 Å². The van der Waals surface area contributed by atoms with Crippen LogP contribution in [0, 0.1) is 12.7 Å². The number of nitrogens with one attached hydrogen (secondary N) is 1. The second-order valence-electron chi connectivity index (χ2n) is 7.20. The molecule has 1 N–H and O–H groups in total. The Labute approximate surface area is 167 Å². The molecule has 0 radical (unpaired) electrons. The van der Waals surface area contributed by atoms with Crippen LogP contribution in [0.1, 0.15) is 5.56 Å². The summed E-state index contributed by atoms with van der Waals surface area (Å²) < 4.78 is 27.3. The molecule has 2 aromatic rings. The van der Waals surface area contributed by atoms with E-state index in [0.29, 0.717) is 55.9 Å². The summed E-state index contributed by atoms with van der Waals surface area (Å²) in [4.78, 5) is 22.8. The van der Waals surface area contributed by atoms with E-state index in [2.05, 4.69) is 19.9 Å². The van der Waals surface area contributed by atoms with Crippen LogP contribution in [0.15, 0.2) is 29.2 Å². The zero-order chi connectivity index (χ0) is 20.5. The molecule has 0 amide bonds. The fraction of sp³-hybridized carbons (Fsp3) is 0.474. The first-order valence-corrected chi connectivity index (χ1v) is 9.52. The van der Waals surface area contributed by atoms with E-state index < -0.39 is 0 Å². The van der Waals surface area contributed by atoms with E-state index in [4.69, 9.17) is 9.47 Å². The SMILES string of the molecule is Cc1c[nH]n2n(C)c(nc1=O)N1CCOCC1N(C)CCOc1cc(F)ccc1-2. The van der Waals surface area contributed by atoms with Crippen molar-refractivity contribution in [2.24, 2.45) is 7.05 Å². The van der Waals surface area contributed by atoms with Gasteiger partial charge in [0.25, 0.3) is 5.56 Å². The van der Waals surface area contributed by atoms with Gasteiger partial charge in [0, 0.05) is 38.0 Å². The number of ether oxygens (including phenoxy) is 2. The van der Waals surface area contributed by atoms with Gasteiger partial charge >= 0.3 is 0 Å². The lowest BCUT2D eigenvalue weighted by molar-refractivity contribution is 0.0342. The van der Waals surface area contributed by atoms with Crippen LogP contribution in [0.25, 0.3) is 5.69 Å². The summed E-state index contributed by atoms with van der Waals surface area (Å²) in [6.07, 6.45) is 1.46. The molecule has 1 fully saturated rings. The lowest BCUT2D eigenvalue weighted by atomic mass is 10.3. The molecule has 9 nitrogen and oxygen atoms in total. The van der Waals surface area contributed by atoms with Crippen molar-refractivity contribution in [3.63, 3.8) is 0 Å². The lowest BCUT2D eigenvalue weighted by Crippen LogP contribution is -2.56. The molecule has 29 heavy (non-hydrogen) atoms. The number of benzene rings is 1. The minimum atomic E-state index is -0.386. The predicted molar refractivity (Wildman–Crippen MR) is 106 cm³/mol. The third-order valence-electron chi connectivity index (χ3n) is 5.25. The van der Waals surface area contributed by atoms with E-state index in [1.165, 1.54) is 12.1 Å². The van der Waals surface area contributed by atoms with Crippen LogP contribution in [0.2, 0.25) is 0 Å². The predicted octanol–water partition coefficient (Wildman–Crippen LogP) is 0.958. The molecular formula is C19H25FN6O3. The van der Waals surface area contributed by atoms with Crippen molar-refractivity contribution >= 4 is 5.95 Å². The highest BCUT2D eigenvalue weighted by Gasteiger charge is 2.30. The first kappa shape index (κ1) is 19.5. The molecule has 1 unspecified atom stereocenters. The van der Waals surface area contributed by atoms with Gasteiger partial charge in [-0.15, -0.1) is 0 Å². The maximum Gasteiger partial charge on any atom is 0.277 e. The molecule has 1 aromatic heterocycles. The van der Waals surface area contributed by atoms with Gasteiger partial charge in [0.15, 0.2) is 0 Å². The molecule has 2 aliphatic rings. The summed E-state index contributed by atoms with van der Waals surface area (Å²) in [5.74, 6) is 0.488. The van der Waals surface area contributed by atoms with Gasteiger partial charge in [-0.25, -0.2) is 9.07 Å². The first-order chi connectivity index (χ1) is 14.0. The number of aromatic amines is 1. The molecule has 0 saturated carbocycles. The van der Waals surface area contributed by atoms with E-state index in [1.807, 2.05) is 7.05 Å². The molecule has 2 aliphatic heterocycles. The number of aromatic nitrogens is 4. The Morgan fingerprint density at radius 2 is 2.07 bits per heavy atom. The van der Waals surface area contributed by atoms with Gasteiger partial charge in [-0.2, -0.15) is 9.78 Å². The molecule has 10 heteroatoms. The van der Waals surface area contributed by atoms with Crippen LogP contribution in [-0.4, -0.2) is 70.6 Å². The maximum atomic E-state index is 13.9. The van der Waals surface area contributed by atoms with Crippen molar-refractivity contribution in [1.29, 1.82) is 0 Å². The topological polar surface area (TPSA) is 80.5 Å². The Kier molecular flexibility index (Phi) is 5.29. The van der Waals surface area contributed by atoms with Gasteiger partial charge in [0.2, 0.25) is 5.95 Å². The zero-order valence-electron chi connectivity index (χ0n) is 16.8. The summed E-state index contributed by atoms with van der Waals surface area (Å²) in [6.45, 7) is 4.25. The number of halogens is 1. The highest BCUT2D eigenvalue weighted by atomic mass is 19.1. The van der Waals surface area contributed by atoms with E-state index >= 15 is 0 Å². The Hall–Kier alpha value is -2.85. The second kappa shape index (κ2) is 7.88. The molecule has 156 valence electrons. The number of hydrogen-bond acceptors (Lipinski definition) is 6. The highest BCUT2D eigenvalue weighted by Crippen LogP contribution is 2.26. The maximum absolute atomic E-state index is 13.9. The summed E-state index contributed by atoms with van der Waals surface area (Å²) in [5, 5.41) is 3.12. The summed E-state index contributed by atoms with van der Waals surface area (Å²) in [7, 11) is 3.76. The molecule has 0 spiro atoms. The zero-order valence-corrected chi connectivity index (χ0v) is 16.8. The quantitative estimate of drug-likeness (QED) is 0.705. The number of fused-ring (bicyclic) bond motifs is 6. The monoisotopic (exact) mass is 404 g/mol. The Morgan fingerprint density at radius 1 is 1.24 bits per heavy atom. The van der Waals surface area contributed by atoms with E-state index in [-0.39, 0.29) is 17.5 Å². The Balaban J connectivity index is 2.04. The van der Waals surface area contributed by atoms with Gasteiger partial charge in [-0.1, -0.05) is 0 Å². The average molecular weight is 404 g/mol. The van der Waals surface area contributed by atoms with Crippen molar-refractivity contribution in [2.45, 2.75) is 13.1 Å². The smallest absolute Gasteiger partial charge is 0.277 e. The largest absolute Gasteiger partial charge is 0.490 e. The Bertz CT molecular complexity index is 1010. The third-order valence-corrected chi connectivity index (χ3v) is 5.25. The fourth-order valence-corrected chi connectivity index (χ4v) is 3.54. The summed E-state index contributed by atoms with van der Waals surface area (Å²) in [5.41, 5.74) is 0.741. The number of rotatable bonds is 0. The number of likely N-dealkylation sites (N-methyl/N-ethyl adjacent to an activating group) is 1. The lowest BCUT2D eigenvalue weighted by Gasteiger charge is -2.41. The number of aryl methyl sites for hydroxylation is 1. The van der Waals surface area contributed by atoms with Crippen LogP contribution in [0.3, 0.4) is 0 Å². The van der Waals surface area contributed by atoms with Crippen molar-refractivity contribution < 1.29 is 13.9 Å². The van der Waals surface area contributed by atoms with Gasteiger partial charge in [-0.05, 0) is 26.1 Å². The normalized spacial score (nSPS) is 19.4. The Morgan fingerprint density at radius 3 is 2.90 bits per heavy atom. The van der Waals surface area contributed by atoms with Crippen LogP contribution in [-0.2, 0) is 11.8 Å². The van der Waals surface area contributed by atoms with Gasteiger partial charge in [0.05, 0.1) is 13.2 Å². The number of morpholine rings is 1. The van der Waals surface area contributed by atoms with Gasteiger partial charge in [0.1, 0.15) is 30.0 Å². The highest BCUT2D eigenvalue weighted by molar-refractivity contribution is 5.46. The van der Waals surface area contributed by atoms with Crippen LogP contribution >= 0.6 is 0 Å². The van der Waals surface area contributed by atoms with Crippen LogP contribution in [0.4, 0.5) is 10.3 Å². The van der Waals surface area contributed by atoms with Gasteiger partial charge < -0.3 is 14.4 Å². The standard InChI is InChI=1S/C19H25FN6O3/c1-13-11-21-26-15-5-4-14(20)10-16(15)29-9-6-23(2)17-12-28-8-7-25(17)19(24(26)3)22-18(13)27/h4-5,10-11,17,21H,6-9,12H2,1-3H3. The molecule has 1 aromatic carbocycles. The van der Waals surface area contributed by atoms with Crippen molar-refractivity contribution in [3.8, 4) is 11.4 Å². The molecular weight excluding hydrogens is 379 g/mol. The van der Waals surface area contributed by atoms with E-state index in [1.54, 1.807) is 35.7 Å². The number of anilines is 1. The fourth-order valence-electron chi connectivity index (χ4n) is 3.54. The molecule has 3 heterocycles. The van der Waals surface area contributed by atoms with Crippen molar-refractivity contribution in [3.05, 3.63) is 46.1 Å². The molecule has 1 atom stereocenters. The number of H-pyrrole nitrogens is 1. The number of nitrogens with zero attached hydrogens (tertiary/aromatic N) is 5.